The van der Waals surface area contributed by atoms with E-state index in [-0.39, 0.29) is 0 Å². The highest BCUT2D eigenvalue weighted by atomic mass is 127. The third-order valence-electron chi connectivity index (χ3n) is 1.04. The molecule has 0 saturated carbocycles. The number of halogens is 1. The fourth-order valence-corrected chi connectivity index (χ4v) is 0.778. The maximum atomic E-state index is 3.98. The quantitative estimate of drug-likeness (QED) is 0.664. The number of hydrogen-bond donors (Lipinski definition) is 1. The van der Waals surface area contributed by atoms with E-state index in [2.05, 4.69) is 32.8 Å². The van der Waals surface area contributed by atoms with Crippen LogP contribution in [0.3, 0.4) is 0 Å². The summed E-state index contributed by atoms with van der Waals surface area (Å²) in [5.41, 5.74) is 2.24. The van der Waals surface area contributed by atoms with Crippen LogP contribution in [-0.4, -0.2) is 10.2 Å². The van der Waals surface area contributed by atoms with E-state index in [9.17, 15) is 0 Å². The molecule has 0 aliphatic heterocycles. The Morgan fingerprint density at radius 2 is 2.12 bits per heavy atom. The van der Waals surface area contributed by atoms with Crippen molar-refractivity contribution in [2.45, 2.75) is 13.8 Å². The van der Waals surface area contributed by atoms with Gasteiger partial charge in [-0.2, -0.15) is 5.10 Å². The lowest BCUT2D eigenvalue weighted by atomic mass is 10.4. The number of rotatable bonds is 0. The van der Waals surface area contributed by atoms with Crippen molar-refractivity contribution in [2.75, 3.05) is 0 Å². The summed E-state index contributed by atoms with van der Waals surface area (Å²) in [5.74, 6) is 0. The molecule has 1 heterocycles. The van der Waals surface area contributed by atoms with E-state index in [1.807, 2.05) is 13.8 Å². The Hall–Kier alpha value is -0.0600. The number of H-pyrrole nitrogens is 1. The first kappa shape index (κ1) is 6.07. The van der Waals surface area contributed by atoms with Gasteiger partial charge in [0.05, 0.1) is 9.26 Å². The molecule has 0 radical (unpaired) electrons. The molecule has 0 fully saturated rings. The smallest absolute Gasteiger partial charge is 0.0727 e. The fraction of sp³-hybridized carbons (Fsp3) is 0.400. The van der Waals surface area contributed by atoms with Crippen molar-refractivity contribution in [3.8, 4) is 0 Å². The van der Waals surface area contributed by atoms with Gasteiger partial charge in [0, 0.05) is 5.69 Å². The monoisotopic (exact) mass is 222 g/mol. The molecule has 1 N–H and O–H groups in total. The number of aromatic nitrogens is 2. The van der Waals surface area contributed by atoms with Crippen molar-refractivity contribution in [1.29, 1.82) is 0 Å². The van der Waals surface area contributed by atoms with Gasteiger partial charge in [-0.1, -0.05) is 0 Å². The van der Waals surface area contributed by atoms with E-state index in [4.69, 9.17) is 0 Å². The zero-order chi connectivity index (χ0) is 6.15. The molecule has 0 amide bonds. The molecule has 1 aromatic heterocycles. The summed E-state index contributed by atoms with van der Waals surface area (Å²) in [6, 6.07) is 0. The predicted octanol–water partition coefficient (Wildman–Crippen LogP) is 1.63. The van der Waals surface area contributed by atoms with E-state index in [0.717, 1.165) is 11.4 Å². The van der Waals surface area contributed by atoms with Crippen LogP contribution >= 0.6 is 22.6 Å². The highest BCUT2D eigenvalue weighted by Crippen LogP contribution is 2.10. The van der Waals surface area contributed by atoms with E-state index in [1.54, 1.807) is 0 Å². The largest absolute Gasteiger partial charge is 0.281 e. The molecule has 0 atom stereocenters. The van der Waals surface area contributed by atoms with Crippen LogP contribution in [0.5, 0.6) is 0 Å². The Morgan fingerprint density at radius 3 is 2.25 bits per heavy atom. The second kappa shape index (κ2) is 2.05. The Labute approximate surface area is 61.8 Å². The van der Waals surface area contributed by atoms with Gasteiger partial charge in [-0.25, -0.2) is 0 Å². The average Bonchev–Trinajstić information content (AvgIpc) is 1.98. The molecule has 2 nitrogen and oxygen atoms in total. The van der Waals surface area contributed by atoms with Gasteiger partial charge in [0.2, 0.25) is 0 Å². The minimum atomic E-state index is 1.09. The van der Waals surface area contributed by atoms with Crippen LogP contribution in [0, 0.1) is 17.4 Å². The molecule has 0 aliphatic carbocycles. The summed E-state index contributed by atoms with van der Waals surface area (Å²) in [4.78, 5) is 0. The van der Waals surface area contributed by atoms with E-state index < -0.39 is 0 Å². The highest BCUT2D eigenvalue weighted by molar-refractivity contribution is 14.1. The van der Waals surface area contributed by atoms with Gasteiger partial charge in [-0.05, 0) is 36.4 Å². The summed E-state index contributed by atoms with van der Waals surface area (Å²) >= 11 is 2.27. The zero-order valence-electron chi connectivity index (χ0n) is 4.83. The van der Waals surface area contributed by atoms with Crippen LogP contribution in [0.25, 0.3) is 0 Å². The molecule has 3 heteroatoms. The summed E-state index contributed by atoms with van der Waals surface area (Å²) in [5, 5.41) is 6.86. The summed E-state index contributed by atoms with van der Waals surface area (Å²) in [7, 11) is 0. The highest BCUT2D eigenvalue weighted by Gasteiger charge is 1.98. The molecule has 0 spiro atoms. The molecule has 0 aliphatic rings. The third kappa shape index (κ3) is 0.866. The van der Waals surface area contributed by atoms with Gasteiger partial charge in [0.25, 0.3) is 0 Å². The molecule has 0 saturated heterocycles. The van der Waals surface area contributed by atoms with Gasteiger partial charge in [-0.15, -0.1) is 0 Å². The molecule has 0 bridgehead atoms. The third-order valence-corrected chi connectivity index (χ3v) is 2.63. The molecule has 0 aromatic carbocycles. The topological polar surface area (TPSA) is 28.7 Å². The Balaban J connectivity index is 3.19. The lowest BCUT2D eigenvalue weighted by molar-refractivity contribution is 1.02. The normalized spacial score (nSPS) is 9.88. The van der Waals surface area contributed by atoms with Crippen molar-refractivity contribution in [1.82, 2.24) is 10.2 Å². The number of aryl methyl sites for hydroxylation is 2. The number of aromatic amines is 1. The molecular formula is C5H7IN2. The maximum absolute atomic E-state index is 3.98. The number of nitrogens with zero attached hydrogens (tertiary/aromatic N) is 1. The SMILES string of the molecule is Cc1n[nH]c(C)c1I. The zero-order valence-corrected chi connectivity index (χ0v) is 6.98. The van der Waals surface area contributed by atoms with Crippen molar-refractivity contribution in [2.24, 2.45) is 0 Å². The Morgan fingerprint density at radius 1 is 1.50 bits per heavy atom. The standard InChI is InChI=1S/C5H7IN2/c1-3-5(6)4(2)8-7-3/h1-2H3,(H,7,8). The summed E-state index contributed by atoms with van der Waals surface area (Å²) in [6.45, 7) is 4.01. The average molecular weight is 222 g/mol. The Bertz CT molecular complexity index is 173. The first-order valence-electron chi connectivity index (χ1n) is 2.39. The minimum Gasteiger partial charge on any atom is -0.281 e. The number of nitrogens with one attached hydrogen (secondary N) is 1. The van der Waals surface area contributed by atoms with Crippen molar-refractivity contribution in [3.63, 3.8) is 0 Å². The van der Waals surface area contributed by atoms with E-state index in [0.29, 0.717) is 0 Å². The Kier molecular flexibility index (Phi) is 1.55. The maximum Gasteiger partial charge on any atom is 0.0727 e. The summed E-state index contributed by atoms with van der Waals surface area (Å²) < 4.78 is 1.24. The lowest BCUT2D eigenvalue weighted by Crippen LogP contribution is -1.72. The first-order valence-corrected chi connectivity index (χ1v) is 3.46. The molecule has 8 heavy (non-hydrogen) atoms. The second-order valence-corrected chi connectivity index (χ2v) is 2.83. The van der Waals surface area contributed by atoms with Crippen LogP contribution in [0.2, 0.25) is 0 Å². The minimum absolute atomic E-state index is 1.09. The molecule has 1 rings (SSSR count). The van der Waals surface area contributed by atoms with Crippen LogP contribution in [0.4, 0.5) is 0 Å². The van der Waals surface area contributed by atoms with Gasteiger partial charge in [-0.3, -0.25) is 5.10 Å². The second-order valence-electron chi connectivity index (χ2n) is 1.75. The van der Waals surface area contributed by atoms with Gasteiger partial charge < -0.3 is 0 Å². The fourth-order valence-electron chi connectivity index (χ4n) is 0.537. The van der Waals surface area contributed by atoms with E-state index in [1.165, 1.54) is 3.57 Å². The van der Waals surface area contributed by atoms with Crippen molar-refractivity contribution < 1.29 is 0 Å². The van der Waals surface area contributed by atoms with Crippen molar-refractivity contribution >= 4 is 22.6 Å². The van der Waals surface area contributed by atoms with Crippen LogP contribution in [-0.2, 0) is 0 Å². The van der Waals surface area contributed by atoms with Gasteiger partial charge >= 0.3 is 0 Å². The van der Waals surface area contributed by atoms with Crippen LogP contribution < -0.4 is 0 Å². The van der Waals surface area contributed by atoms with Crippen LogP contribution in [0.15, 0.2) is 0 Å². The summed E-state index contributed by atoms with van der Waals surface area (Å²) in [6.07, 6.45) is 0. The molecule has 0 unspecified atom stereocenters. The van der Waals surface area contributed by atoms with E-state index >= 15 is 0 Å². The van der Waals surface area contributed by atoms with Gasteiger partial charge in [0.1, 0.15) is 0 Å². The molecular weight excluding hydrogens is 215 g/mol. The molecule has 44 valence electrons. The predicted molar refractivity (Wildman–Crippen MR) is 40.8 cm³/mol. The number of hydrogen-bond acceptors (Lipinski definition) is 1. The van der Waals surface area contributed by atoms with Crippen LogP contribution in [0.1, 0.15) is 11.4 Å². The molecule has 1 aromatic rings. The van der Waals surface area contributed by atoms with Crippen molar-refractivity contribution in [3.05, 3.63) is 15.0 Å². The van der Waals surface area contributed by atoms with Gasteiger partial charge in [0.15, 0.2) is 0 Å². The first-order chi connectivity index (χ1) is 3.72. The lowest BCUT2D eigenvalue weighted by Gasteiger charge is -1.81.